The summed E-state index contributed by atoms with van der Waals surface area (Å²) < 4.78 is 0. The van der Waals surface area contributed by atoms with E-state index in [0.717, 1.165) is 12.3 Å². The Morgan fingerprint density at radius 3 is 1.04 bits per heavy atom. The van der Waals surface area contributed by atoms with Crippen LogP contribution < -0.4 is 10.6 Å². The van der Waals surface area contributed by atoms with E-state index in [4.69, 9.17) is 0 Å². The van der Waals surface area contributed by atoms with Crippen LogP contribution in [0.3, 0.4) is 0 Å². The molecule has 4 rings (SSSR count). The van der Waals surface area contributed by atoms with Crippen molar-refractivity contribution in [1.82, 2.24) is 0 Å². The van der Waals surface area contributed by atoms with Crippen molar-refractivity contribution < 1.29 is 0 Å². The Kier molecular flexibility index (Phi) is 5.49. The number of benzene rings is 4. The Labute approximate surface area is 175 Å². The fourth-order valence-electron chi connectivity index (χ4n) is 4.04. The van der Waals surface area contributed by atoms with Gasteiger partial charge in [0.15, 0.2) is 0 Å². The zero-order valence-electron chi connectivity index (χ0n) is 15.8. The van der Waals surface area contributed by atoms with E-state index in [1.54, 1.807) is 0 Å². The van der Waals surface area contributed by atoms with Crippen molar-refractivity contribution in [1.29, 1.82) is 0 Å². The van der Waals surface area contributed by atoms with Gasteiger partial charge in [-0.1, -0.05) is 0 Å². The molecule has 0 aliphatic heterocycles. The van der Waals surface area contributed by atoms with E-state index in [-0.39, 0.29) is 0 Å². The minimum atomic E-state index is -2.73. The van der Waals surface area contributed by atoms with E-state index >= 15 is 0 Å². The Morgan fingerprint density at radius 1 is 0.429 bits per heavy atom. The SMILES string of the molecule is BrP(Cc1ccccc1)(Cc1ccccc1)(c1ccccc1)c1ccccc1. The van der Waals surface area contributed by atoms with Gasteiger partial charge in [0.2, 0.25) is 0 Å². The van der Waals surface area contributed by atoms with Crippen LogP contribution >= 0.6 is 20.8 Å². The van der Waals surface area contributed by atoms with E-state index in [0.29, 0.717) is 0 Å². The molecule has 140 valence electrons. The second kappa shape index (κ2) is 8.03. The quantitative estimate of drug-likeness (QED) is 0.282. The molecule has 0 saturated heterocycles. The number of hydrogen-bond donors (Lipinski definition) is 0. The maximum absolute atomic E-state index is 4.51. The fraction of sp³-hybridized carbons (Fsp3) is 0.0769. The monoisotopic (exact) mass is 446 g/mol. The predicted octanol–water partition coefficient (Wildman–Crippen LogP) is 6.90. The molecular formula is C26H24BrP. The Balaban J connectivity index is 1.99. The predicted molar refractivity (Wildman–Crippen MR) is 128 cm³/mol. The van der Waals surface area contributed by atoms with Crippen molar-refractivity contribution in [2.24, 2.45) is 0 Å². The van der Waals surface area contributed by atoms with E-state index in [1.807, 2.05) is 0 Å². The van der Waals surface area contributed by atoms with Crippen LogP contribution in [0.5, 0.6) is 0 Å². The average molecular weight is 447 g/mol. The van der Waals surface area contributed by atoms with Crippen LogP contribution in [0.15, 0.2) is 121 Å². The molecule has 0 atom stereocenters. The molecular weight excluding hydrogens is 423 g/mol. The first-order chi connectivity index (χ1) is 13.7. The van der Waals surface area contributed by atoms with Crippen molar-refractivity contribution in [2.45, 2.75) is 12.3 Å². The van der Waals surface area contributed by atoms with Gasteiger partial charge in [-0.15, -0.1) is 0 Å². The molecule has 28 heavy (non-hydrogen) atoms. The van der Waals surface area contributed by atoms with Crippen LogP contribution in [0, 0.1) is 0 Å². The molecule has 0 fully saturated rings. The molecule has 0 radical (unpaired) electrons. The average Bonchev–Trinajstić information content (AvgIpc) is 2.76. The molecule has 0 spiro atoms. The van der Waals surface area contributed by atoms with Crippen LogP contribution in [0.4, 0.5) is 0 Å². The van der Waals surface area contributed by atoms with Crippen molar-refractivity contribution in [3.8, 4) is 0 Å². The Morgan fingerprint density at radius 2 is 0.714 bits per heavy atom. The molecule has 0 nitrogen and oxygen atoms in total. The van der Waals surface area contributed by atoms with Gasteiger partial charge in [0.05, 0.1) is 0 Å². The van der Waals surface area contributed by atoms with Crippen molar-refractivity contribution >= 4 is 31.4 Å². The summed E-state index contributed by atoms with van der Waals surface area (Å²) in [5, 5.41) is 0.0626. The molecule has 4 aromatic carbocycles. The summed E-state index contributed by atoms with van der Waals surface area (Å²) in [6.45, 7) is 0. The van der Waals surface area contributed by atoms with Crippen LogP contribution in [0.25, 0.3) is 0 Å². The number of rotatable bonds is 6. The van der Waals surface area contributed by atoms with Crippen LogP contribution in [0.1, 0.15) is 11.1 Å². The maximum atomic E-state index is 4.51. The molecule has 0 unspecified atom stereocenters. The first-order valence-corrected chi connectivity index (χ1v) is 14.2. The van der Waals surface area contributed by atoms with Gasteiger partial charge < -0.3 is 0 Å². The Hall–Kier alpha value is -2.21. The second-order valence-electron chi connectivity index (χ2n) is 7.33. The zero-order chi connectivity index (χ0) is 19.3. The molecule has 0 heterocycles. The first-order valence-electron chi connectivity index (χ1n) is 9.60. The van der Waals surface area contributed by atoms with Crippen molar-refractivity contribution in [3.05, 3.63) is 132 Å². The molecule has 0 bridgehead atoms. The first kappa shape index (κ1) is 19.1. The van der Waals surface area contributed by atoms with Gasteiger partial charge in [-0.05, 0) is 0 Å². The van der Waals surface area contributed by atoms with Crippen LogP contribution in [0.2, 0.25) is 0 Å². The normalized spacial score (nSPS) is 12.8. The summed E-state index contributed by atoms with van der Waals surface area (Å²) in [7, 11) is 0. The summed E-state index contributed by atoms with van der Waals surface area (Å²) in [5.41, 5.74) is 2.72. The van der Waals surface area contributed by atoms with E-state index in [9.17, 15) is 0 Å². The van der Waals surface area contributed by atoms with Gasteiger partial charge in [0.25, 0.3) is 0 Å². The zero-order valence-corrected chi connectivity index (χ0v) is 18.3. The number of hydrogen-bond acceptors (Lipinski definition) is 0. The fourth-order valence-corrected chi connectivity index (χ4v) is 12.0. The van der Waals surface area contributed by atoms with E-state index < -0.39 is 5.31 Å². The van der Waals surface area contributed by atoms with Gasteiger partial charge in [0, 0.05) is 0 Å². The third-order valence-electron chi connectivity index (χ3n) is 5.41. The molecule has 0 aliphatic rings. The second-order valence-corrected chi connectivity index (χ2v) is 16.9. The summed E-state index contributed by atoms with van der Waals surface area (Å²) >= 11 is 4.51. The summed E-state index contributed by atoms with van der Waals surface area (Å²) in [5.74, 6) is 0. The van der Waals surface area contributed by atoms with E-state index in [2.05, 4.69) is 137 Å². The van der Waals surface area contributed by atoms with Gasteiger partial charge in [0.1, 0.15) is 0 Å². The Bertz CT molecular complexity index is 930. The van der Waals surface area contributed by atoms with Gasteiger partial charge >= 0.3 is 176 Å². The van der Waals surface area contributed by atoms with E-state index in [1.165, 1.54) is 21.7 Å². The number of halogens is 1. The third-order valence-corrected chi connectivity index (χ3v) is 14.4. The molecule has 0 aliphatic carbocycles. The van der Waals surface area contributed by atoms with Crippen LogP contribution in [-0.4, -0.2) is 0 Å². The standard InChI is InChI=1S/C26H24BrP/c27-28(25-17-9-3-10-18-25,26-19-11-4-12-20-26,21-23-13-5-1-6-14-23)22-24-15-7-2-8-16-24/h1-20H,21-22H2. The minimum absolute atomic E-state index is 0.982. The molecule has 0 aromatic heterocycles. The molecule has 0 saturated carbocycles. The van der Waals surface area contributed by atoms with Crippen LogP contribution in [-0.2, 0) is 12.3 Å². The van der Waals surface area contributed by atoms with Gasteiger partial charge in [-0.2, -0.15) is 0 Å². The molecule has 2 heteroatoms. The summed E-state index contributed by atoms with van der Waals surface area (Å²) in [6.07, 6.45) is 1.96. The molecule has 0 N–H and O–H groups in total. The summed E-state index contributed by atoms with van der Waals surface area (Å²) in [4.78, 5) is 0. The molecule has 4 aromatic rings. The van der Waals surface area contributed by atoms with Crippen molar-refractivity contribution in [2.75, 3.05) is 0 Å². The van der Waals surface area contributed by atoms with Crippen molar-refractivity contribution in [3.63, 3.8) is 0 Å². The third kappa shape index (κ3) is 3.70. The van der Waals surface area contributed by atoms with Gasteiger partial charge in [-0.3, -0.25) is 0 Å². The summed E-state index contributed by atoms with van der Waals surface area (Å²) in [6, 6.07) is 43.8. The van der Waals surface area contributed by atoms with Gasteiger partial charge in [-0.25, -0.2) is 0 Å². The molecule has 0 amide bonds. The topological polar surface area (TPSA) is 0 Å².